The van der Waals surface area contributed by atoms with E-state index in [4.69, 9.17) is 0 Å². The highest BCUT2D eigenvalue weighted by atomic mass is 32.1. The van der Waals surface area contributed by atoms with Crippen molar-refractivity contribution in [1.82, 2.24) is 0 Å². The fraction of sp³-hybridized carbons (Fsp3) is 0. The van der Waals surface area contributed by atoms with E-state index in [0.717, 1.165) is 16.1 Å². The zero-order valence-electron chi connectivity index (χ0n) is 9.33. The van der Waals surface area contributed by atoms with Gasteiger partial charge in [-0.25, -0.2) is 0 Å². The number of amides is 1. The molecule has 0 aliphatic carbocycles. The van der Waals surface area contributed by atoms with Crippen LogP contribution in [0.2, 0.25) is 0 Å². The van der Waals surface area contributed by atoms with Gasteiger partial charge >= 0.3 is 0 Å². The molecule has 5 heteroatoms. The van der Waals surface area contributed by atoms with Crippen molar-refractivity contribution in [2.24, 2.45) is 10.2 Å². The minimum absolute atomic E-state index is 0.209. The van der Waals surface area contributed by atoms with E-state index in [2.05, 4.69) is 15.5 Å². The van der Waals surface area contributed by atoms with Crippen molar-refractivity contribution < 1.29 is 4.79 Å². The van der Waals surface area contributed by atoms with E-state index in [1.807, 2.05) is 41.8 Å². The molecule has 0 unspecified atom stereocenters. The predicted molar refractivity (Wildman–Crippen MR) is 73.5 cm³/mol. The maximum Gasteiger partial charge on any atom is 0.276 e. The smallest absolute Gasteiger partial charge is 0.276 e. The molecule has 1 aliphatic rings. The Morgan fingerprint density at radius 3 is 2.89 bits per heavy atom. The van der Waals surface area contributed by atoms with Gasteiger partial charge in [-0.05, 0) is 17.5 Å². The molecule has 2 aromatic rings. The fourth-order valence-electron chi connectivity index (χ4n) is 1.71. The van der Waals surface area contributed by atoms with Crippen LogP contribution in [0.25, 0.3) is 0 Å². The maximum atomic E-state index is 11.7. The van der Waals surface area contributed by atoms with E-state index in [1.54, 1.807) is 17.6 Å². The molecule has 4 nitrogen and oxygen atoms in total. The quantitative estimate of drug-likeness (QED) is 0.650. The van der Waals surface area contributed by atoms with Crippen LogP contribution in [0.15, 0.2) is 52.0 Å². The molecule has 88 valence electrons. The Kier molecular flexibility index (Phi) is 2.74. The highest BCUT2D eigenvalue weighted by molar-refractivity contribution is 7.11. The Morgan fingerprint density at radius 2 is 2.06 bits per heavy atom. The van der Waals surface area contributed by atoms with Gasteiger partial charge in [-0.1, -0.05) is 24.3 Å². The van der Waals surface area contributed by atoms with Crippen LogP contribution >= 0.6 is 11.3 Å². The summed E-state index contributed by atoms with van der Waals surface area (Å²) < 4.78 is 0. The van der Waals surface area contributed by atoms with Crippen LogP contribution in [0.5, 0.6) is 0 Å². The number of nitrogens with one attached hydrogen (secondary N) is 1. The molecule has 1 aromatic heterocycles. The summed E-state index contributed by atoms with van der Waals surface area (Å²) in [4.78, 5) is 12.7. The molecule has 0 radical (unpaired) electrons. The van der Waals surface area contributed by atoms with Gasteiger partial charge in [0, 0.05) is 10.4 Å². The van der Waals surface area contributed by atoms with Crippen molar-refractivity contribution in [1.29, 1.82) is 0 Å². The molecule has 0 bridgehead atoms. The highest BCUT2D eigenvalue weighted by Gasteiger charge is 2.25. The number of nitrogens with zero attached hydrogens (tertiary/aromatic N) is 2. The topological polar surface area (TPSA) is 53.8 Å². The van der Waals surface area contributed by atoms with Crippen molar-refractivity contribution >= 4 is 34.9 Å². The first kappa shape index (κ1) is 10.9. The minimum Gasteiger partial charge on any atom is -0.320 e. The third-order valence-corrected chi connectivity index (χ3v) is 3.34. The van der Waals surface area contributed by atoms with Gasteiger partial charge in [0.15, 0.2) is 5.71 Å². The van der Waals surface area contributed by atoms with Crippen LogP contribution < -0.4 is 5.32 Å². The molecule has 1 N–H and O–H groups in total. The van der Waals surface area contributed by atoms with E-state index in [1.165, 1.54) is 0 Å². The lowest BCUT2D eigenvalue weighted by Gasteiger charge is -1.93. The Balaban J connectivity index is 1.90. The van der Waals surface area contributed by atoms with Gasteiger partial charge in [0.25, 0.3) is 5.91 Å². The molecule has 1 aliphatic heterocycles. The third kappa shape index (κ3) is 1.96. The predicted octanol–water partition coefficient (Wildman–Crippen LogP) is 2.52. The Bertz CT molecular complexity index is 644. The molecular weight excluding hydrogens is 246 g/mol. The molecule has 18 heavy (non-hydrogen) atoms. The van der Waals surface area contributed by atoms with E-state index in [0.29, 0.717) is 5.71 Å². The van der Waals surface area contributed by atoms with E-state index in [-0.39, 0.29) is 5.91 Å². The summed E-state index contributed by atoms with van der Waals surface area (Å²) in [5.41, 5.74) is 1.94. The zero-order chi connectivity index (χ0) is 12.4. The Hall–Kier alpha value is -2.27. The summed E-state index contributed by atoms with van der Waals surface area (Å²) in [6.45, 7) is 0. The zero-order valence-corrected chi connectivity index (χ0v) is 10.1. The van der Waals surface area contributed by atoms with Gasteiger partial charge in [-0.15, -0.1) is 16.4 Å². The summed E-state index contributed by atoms with van der Waals surface area (Å²) >= 11 is 1.57. The van der Waals surface area contributed by atoms with Crippen LogP contribution in [-0.2, 0) is 4.79 Å². The first-order valence-electron chi connectivity index (χ1n) is 5.40. The molecule has 0 saturated heterocycles. The fourth-order valence-corrected chi connectivity index (χ4v) is 2.29. The second-order valence-electron chi connectivity index (χ2n) is 3.71. The van der Waals surface area contributed by atoms with Crippen molar-refractivity contribution in [2.75, 3.05) is 5.32 Å². The molecule has 1 aromatic carbocycles. The number of benzene rings is 1. The molecule has 0 spiro atoms. The maximum absolute atomic E-state index is 11.7. The molecular formula is C13H9N3OS. The minimum atomic E-state index is -0.209. The normalized spacial score (nSPS) is 16.2. The summed E-state index contributed by atoms with van der Waals surface area (Å²) in [7, 11) is 0. The Morgan fingerprint density at radius 1 is 1.17 bits per heavy atom. The molecule has 0 fully saturated rings. The second-order valence-corrected chi connectivity index (χ2v) is 4.69. The van der Waals surface area contributed by atoms with Crippen molar-refractivity contribution in [3.63, 3.8) is 0 Å². The van der Waals surface area contributed by atoms with Crippen LogP contribution in [0.4, 0.5) is 5.69 Å². The van der Waals surface area contributed by atoms with E-state index in [9.17, 15) is 4.79 Å². The lowest BCUT2D eigenvalue weighted by Crippen LogP contribution is -2.13. The van der Waals surface area contributed by atoms with Crippen LogP contribution in [0, 0.1) is 0 Å². The number of thiophene rings is 1. The summed E-state index contributed by atoms with van der Waals surface area (Å²) in [5.74, 6) is -0.209. The van der Waals surface area contributed by atoms with Gasteiger partial charge in [-0.2, -0.15) is 5.10 Å². The van der Waals surface area contributed by atoms with Crippen molar-refractivity contribution in [2.45, 2.75) is 0 Å². The number of hydrogen-bond acceptors (Lipinski definition) is 4. The summed E-state index contributed by atoms with van der Waals surface area (Å²) in [5, 5.41) is 12.7. The number of para-hydroxylation sites is 1. The van der Waals surface area contributed by atoms with Gasteiger partial charge in [0.2, 0.25) is 0 Å². The first-order valence-corrected chi connectivity index (χ1v) is 6.28. The molecule has 1 amide bonds. The average molecular weight is 255 g/mol. The van der Waals surface area contributed by atoms with Crippen molar-refractivity contribution in [3.8, 4) is 0 Å². The number of rotatable bonds is 2. The van der Waals surface area contributed by atoms with E-state index < -0.39 is 0 Å². The van der Waals surface area contributed by atoms with Crippen molar-refractivity contribution in [3.05, 3.63) is 52.2 Å². The largest absolute Gasteiger partial charge is 0.320 e. The standard InChI is InChI=1S/C13H9N3OS/c17-13-12(10-5-1-2-6-11(10)15-13)16-14-8-9-4-3-7-18-9/h1-8H,(H,15,16,17). The lowest BCUT2D eigenvalue weighted by molar-refractivity contribution is -0.110. The van der Waals surface area contributed by atoms with Crippen LogP contribution in [0.1, 0.15) is 10.4 Å². The molecule has 2 heterocycles. The second kappa shape index (κ2) is 4.54. The third-order valence-electron chi connectivity index (χ3n) is 2.53. The van der Waals surface area contributed by atoms with Gasteiger partial charge in [0.05, 0.1) is 11.9 Å². The molecule has 0 atom stereocenters. The molecule has 3 rings (SSSR count). The van der Waals surface area contributed by atoms with Gasteiger partial charge < -0.3 is 5.32 Å². The summed E-state index contributed by atoms with van der Waals surface area (Å²) in [6, 6.07) is 11.3. The highest BCUT2D eigenvalue weighted by Crippen LogP contribution is 2.22. The SMILES string of the molecule is O=C1Nc2ccccc2C1=NN=Cc1cccs1. The Labute approximate surface area is 108 Å². The summed E-state index contributed by atoms with van der Waals surface area (Å²) in [6.07, 6.45) is 1.64. The lowest BCUT2D eigenvalue weighted by atomic mass is 10.1. The monoisotopic (exact) mass is 255 g/mol. The number of fused-ring (bicyclic) bond motifs is 1. The van der Waals surface area contributed by atoms with Gasteiger partial charge in [0.1, 0.15) is 0 Å². The average Bonchev–Trinajstić information content (AvgIpc) is 2.98. The molecule has 0 saturated carbocycles. The number of hydrogen-bond donors (Lipinski definition) is 1. The van der Waals surface area contributed by atoms with Gasteiger partial charge in [-0.3, -0.25) is 4.79 Å². The first-order chi connectivity index (χ1) is 8.84. The number of carbonyl (C=O) groups is 1. The number of carbonyl (C=O) groups excluding carboxylic acids is 1. The number of anilines is 1. The van der Waals surface area contributed by atoms with E-state index >= 15 is 0 Å². The van der Waals surface area contributed by atoms with Crippen LogP contribution in [0.3, 0.4) is 0 Å². The van der Waals surface area contributed by atoms with Crippen LogP contribution in [-0.4, -0.2) is 17.8 Å².